The van der Waals surface area contributed by atoms with Gasteiger partial charge in [0.1, 0.15) is 8.07 Å². The summed E-state index contributed by atoms with van der Waals surface area (Å²) in [6, 6.07) is 0. The summed E-state index contributed by atoms with van der Waals surface area (Å²) in [4.78, 5) is 3.24. The fourth-order valence-electron chi connectivity index (χ4n) is 6.67. The second-order valence-corrected chi connectivity index (χ2v) is 21.5. The summed E-state index contributed by atoms with van der Waals surface area (Å²) >= 11 is 12.1. The van der Waals surface area contributed by atoms with Crippen molar-refractivity contribution in [1.29, 1.82) is 0 Å². The number of hydrogen-bond donors (Lipinski definition) is 0. The summed E-state index contributed by atoms with van der Waals surface area (Å²) < 4.78 is 2.85. The van der Waals surface area contributed by atoms with Gasteiger partial charge in [0, 0.05) is 9.75 Å². The number of thiophene rings is 2. The lowest BCUT2D eigenvalue weighted by Gasteiger charge is -2.22. The second kappa shape index (κ2) is 18.3. The summed E-state index contributed by atoms with van der Waals surface area (Å²) in [7, 11) is -1.66. The van der Waals surface area contributed by atoms with E-state index in [2.05, 4.69) is 58.8 Å². The average Bonchev–Trinajstić information content (AvgIpc) is 3.49. The minimum Gasteiger partial charge on any atom is -0.127 e. The van der Waals surface area contributed by atoms with Crippen molar-refractivity contribution in [2.24, 2.45) is 0 Å². The molecule has 0 bridgehead atoms. The molecule has 0 fully saturated rings. The van der Waals surface area contributed by atoms with Gasteiger partial charge < -0.3 is 0 Å². The van der Waals surface area contributed by atoms with E-state index in [0.29, 0.717) is 0 Å². The number of fused-ring (bicyclic) bond motifs is 3. The highest BCUT2D eigenvalue weighted by Crippen LogP contribution is 2.46. The Balaban J connectivity index is 1.47. The minimum atomic E-state index is -1.66. The topological polar surface area (TPSA) is 0 Å². The Labute approximate surface area is 267 Å². The first-order valence-electron chi connectivity index (χ1n) is 16.6. The summed E-state index contributed by atoms with van der Waals surface area (Å²) in [6.45, 7) is 9.89. The van der Waals surface area contributed by atoms with E-state index in [0.717, 1.165) is 0 Å². The largest absolute Gasteiger partial charge is 0.127 e. The van der Waals surface area contributed by atoms with Crippen LogP contribution in [-0.2, 0) is 12.8 Å². The van der Waals surface area contributed by atoms with Gasteiger partial charge in [-0.15, -0.1) is 22.7 Å². The third-order valence-electron chi connectivity index (χ3n) is 8.93. The van der Waals surface area contributed by atoms with Crippen molar-refractivity contribution in [2.45, 2.75) is 168 Å². The van der Waals surface area contributed by atoms with Crippen molar-refractivity contribution in [3.05, 3.63) is 18.7 Å². The van der Waals surface area contributed by atoms with Crippen LogP contribution in [0.5, 0.6) is 0 Å². The molecule has 3 heterocycles. The van der Waals surface area contributed by atoms with Crippen LogP contribution in [0.4, 0.5) is 0 Å². The zero-order chi connectivity index (χ0) is 28.1. The normalized spacial score (nSPS) is 13.8. The lowest BCUT2D eigenvalue weighted by molar-refractivity contribution is 0.556. The molecule has 1 aliphatic heterocycles. The van der Waals surface area contributed by atoms with E-state index >= 15 is 0 Å². The third kappa shape index (κ3) is 9.80. The van der Waals surface area contributed by atoms with Crippen LogP contribution in [0.1, 0.15) is 153 Å². The standard InChI is InChI=1S/C34H56Br2S2Si/c1-5-7-9-11-13-15-17-19-21-23-25-27-31-29(37-33(27)35)30-32(39(31,3)4)28(34(36)38-30)26-24-22-20-18-16-14-12-10-8-6-2/h5-26H2,1-4H3. The van der Waals surface area contributed by atoms with Crippen LogP contribution in [0.2, 0.25) is 13.1 Å². The molecule has 1 aliphatic rings. The zero-order valence-corrected chi connectivity index (χ0v) is 31.4. The van der Waals surface area contributed by atoms with E-state index in [1.165, 1.54) is 149 Å². The molecule has 0 unspecified atom stereocenters. The summed E-state index contributed by atoms with van der Waals surface area (Å²) in [5.74, 6) is 0. The smallest absolute Gasteiger partial charge is 0.116 e. The maximum Gasteiger partial charge on any atom is 0.116 e. The number of unbranched alkanes of at least 4 members (excludes halogenated alkanes) is 18. The average molecular weight is 717 g/mol. The van der Waals surface area contributed by atoms with E-state index < -0.39 is 8.07 Å². The van der Waals surface area contributed by atoms with E-state index in [4.69, 9.17) is 0 Å². The van der Waals surface area contributed by atoms with Gasteiger partial charge in [0.15, 0.2) is 0 Å². The zero-order valence-electron chi connectivity index (χ0n) is 25.6. The molecule has 222 valence electrons. The molecule has 0 atom stereocenters. The van der Waals surface area contributed by atoms with Crippen molar-refractivity contribution in [2.75, 3.05) is 0 Å². The van der Waals surface area contributed by atoms with Crippen molar-refractivity contribution in [3.8, 4) is 9.75 Å². The quantitative estimate of drug-likeness (QED) is 0.0841. The van der Waals surface area contributed by atoms with Gasteiger partial charge in [-0.1, -0.05) is 143 Å². The third-order valence-corrected chi connectivity index (χ3v) is 17.0. The first kappa shape index (κ1) is 34.1. The van der Waals surface area contributed by atoms with Crippen LogP contribution in [-0.4, -0.2) is 8.07 Å². The molecule has 0 aromatic carbocycles. The van der Waals surface area contributed by atoms with Gasteiger partial charge in [0.05, 0.1) is 7.57 Å². The SMILES string of the molecule is CCCCCCCCCCCCc1c(Br)sc2c1[Si](C)(C)c1c-2sc(Br)c1CCCCCCCCCCCC. The highest BCUT2D eigenvalue weighted by molar-refractivity contribution is 9.11. The molecule has 0 spiro atoms. The van der Waals surface area contributed by atoms with Gasteiger partial charge >= 0.3 is 0 Å². The van der Waals surface area contributed by atoms with Crippen LogP contribution in [0.15, 0.2) is 7.57 Å². The molecular formula is C34H56Br2S2Si. The monoisotopic (exact) mass is 714 g/mol. The van der Waals surface area contributed by atoms with E-state index in [1.54, 1.807) is 31.3 Å². The molecule has 2 aromatic heterocycles. The summed E-state index contributed by atoms with van der Waals surface area (Å²) in [5.41, 5.74) is 3.35. The maximum absolute atomic E-state index is 4.02. The molecule has 0 saturated heterocycles. The molecule has 0 N–H and O–H groups in total. The molecule has 0 nitrogen and oxygen atoms in total. The number of hydrogen-bond acceptors (Lipinski definition) is 2. The van der Waals surface area contributed by atoms with Crippen molar-refractivity contribution in [3.63, 3.8) is 0 Å². The molecule has 0 saturated carbocycles. The Morgan fingerprint density at radius 3 is 1.05 bits per heavy atom. The molecule has 2 aromatic rings. The van der Waals surface area contributed by atoms with Crippen LogP contribution < -0.4 is 10.4 Å². The molecular weight excluding hydrogens is 660 g/mol. The van der Waals surface area contributed by atoms with Gasteiger partial charge in [0.25, 0.3) is 0 Å². The van der Waals surface area contributed by atoms with Crippen LogP contribution in [0.3, 0.4) is 0 Å². The Kier molecular flexibility index (Phi) is 16.0. The molecule has 5 heteroatoms. The van der Waals surface area contributed by atoms with Gasteiger partial charge in [-0.2, -0.15) is 0 Å². The van der Waals surface area contributed by atoms with Crippen molar-refractivity contribution < 1.29 is 0 Å². The van der Waals surface area contributed by atoms with Gasteiger partial charge in [-0.05, 0) is 79.0 Å². The van der Waals surface area contributed by atoms with Gasteiger partial charge in [0.2, 0.25) is 0 Å². The van der Waals surface area contributed by atoms with Crippen molar-refractivity contribution in [1.82, 2.24) is 0 Å². The summed E-state index contributed by atoms with van der Waals surface area (Å²) in [5, 5.41) is 3.57. The number of rotatable bonds is 22. The minimum absolute atomic E-state index is 1.27. The van der Waals surface area contributed by atoms with E-state index in [1.807, 2.05) is 22.7 Å². The lowest BCUT2D eigenvalue weighted by Crippen LogP contribution is -2.51. The lowest BCUT2D eigenvalue weighted by atomic mass is 10.0. The molecule has 0 radical (unpaired) electrons. The highest BCUT2D eigenvalue weighted by atomic mass is 79.9. The van der Waals surface area contributed by atoms with Crippen LogP contribution >= 0.6 is 54.5 Å². The maximum atomic E-state index is 4.02. The summed E-state index contributed by atoms with van der Waals surface area (Å²) in [6.07, 6.45) is 30.8. The first-order valence-corrected chi connectivity index (χ1v) is 22.8. The molecule has 0 aliphatic carbocycles. The molecule has 3 rings (SSSR count). The predicted molar refractivity (Wildman–Crippen MR) is 191 cm³/mol. The number of halogens is 2. The Hall–Kier alpha value is 0.577. The van der Waals surface area contributed by atoms with E-state index in [-0.39, 0.29) is 0 Å². The van der Waals surface area contributed by atoms with Crippen LogP contribution in [0, 0.1) is 0 Å². The Morgan fingerprint density at radius 2 is 0.744 bits per heavy atom. The first-order chi connectivity index (χ1) is 18.9. The molecule has 0 amide bonds. The van der Waals surface area contributed by atoms with Gasteiger partial charge in [-0.3, -0.25) is 0 Å². The Bertz CT molecular complexity index is 898. The van der Waals surface area contributed by atoms with Crippen LogP contribution in [0.25, 0.3) is 9.75 Å². The van der Waals surface area contributed by atoms with Gasteiger partial charge in [-0.25, -0.2) is 0 Å². The van der Waals surface area contributed by atoms with E-state index in [9.17, 15) is 0 Å². The van der Waals surface area contributed by atoms with Crippen molar-refractivity contribution >= 4 is 73.0 Å². The highest BCUT2D eigenvalue weighted by Gasteiger charge is 2.45. The second-order valence-electron chi connectivity index (χ2n) is 12.6. The Morgan fingerprint density at radius 1 is 0.462 bits per heavy atom. The fourth-order valence-corrected chi connectivity index (χ4v) is 16.7. The predicted octanol–water partition coefficient (Wildman–Crippen LogP) is 13.1. The fraction of sp³-hybridized carbons (Fsp3) is 0.765. The molecule has 39 heavy (non-hydrogen) atoms.